The van der Waals surface area contributed by atoms with Crippen molar-refractivity contribution in [2.75, 3.05) is 19.6 Å². The predicted octanol–water partition coefficient (Wildman–Crippen LogP) is 1.29. The first-order valence-corrected chi connectivity index (χ1v) is 5.17. The van der Waals surface area contributed by atoms with Gasteiger partial charge in [0, 0.05) is 19.6 Å². The predicted molar refractivity (Wildman–Crippen MR) is 58.9 cm³/mol. The van der Waals surface area contributed by atoms with Gasteiger partial charge in [-0.15, -0.1) is 6.04 Å². The maximum Gasteiger partial charge on any atom is 3.00 e. The molecule has 0 amide bonds. The molecule has 0 radical (unpaired) electrons. The van der Waals surface area contributed by atoms with Gasteiger partial charge in [-0.3, -0.25) is 4.90 Å². The smallest absolute Gasteiger partial charge is 0.341 e. The zero-order valence-corrected chi connectivity index (χ0v) is 11.9. The van der Waals surface area contributed by atoms with E-state index in [1.54, 1.807) is 0 Å². The second-order valence-electron chi connectivity index (χ2n) is 3.87. The number of nitrogens with zero attached hydrogens (tertiary/aromatic N) is 1. The number of rotatable bonds is 2. The average Bonchev–Trinajstić information content (AvgIpc) is 2.19. The minimum atomic E-state index is 0. The summed E-state index contributed by atoms with van der Waals surface area (Å²) in [6.07, 6.45) is 0. The molecule has 0 aliphatic carbocycles. The Morgan fingerprint density at radius 1 is 1.33 bits per heavy atom. The molecule has 3 heteroatoms. The molecule has 1 N–H and O–H groups in total. The second kappa shape index (κ2) is 6.75. The summed E-state index contributed by atoms with van der Waals surface area (Å²) in [6, 6.07) is 11.0. The van der Waals surface area contributed by atoms with Crippen LogP contribution < -0.4 is 5.32 Å². The molecule has 1 unspecified atom stereocenters. The third kappa shape index (κ3) is 4.32. The van der Waals surface area contributed by atoms with Crippen LogP contribution in [0.25, 0.3) is 0 Å². The molecule has 1 aliphatic rings. The largest absolute Gasteiger partial charge is 3.00 e. The van der Waals surface area contributed by atoms with Crippen molar-refractivity contribution in [2.24, 2.45) is 0 Å². The zero-order chi connectivity index (χ0) is 9.80. The van der Waals surface area contributed by atoms with Gasteiger partial charge in [0.05, 0.1) is 0 Å². The Morgan fingerprint density at radius 3 is 2.73 bits per heavy atom. The third-order valence-electron chi connectivity index (χ3n) is 2.59. The molecule has 15 heavy (non-hydrogen) atoms. The fourth-order valence-corrected chi connectivity index (χ4v) is 1.88. The molecule has 76 valence electrons. The maximum atomic E-state index is 4.04. The summed E-state index contributed by atoms with van der Waals surface area (Å²) in [5.74, 6) is 0. The Kier molecular flexibility index (Phi) is 5.99. The standard InChI is InChI=1S/C12H17N2.Y/c1-11-9-14(8-7-13-11)10-12-5-3-2-4-6-12;/h2-6,11,13H,1,7-10H2;/q-1;+3. The number of benzene rings is 1. The van der Waals surface area contributed by atoms with Gasteiger partial charge in [-0.25, -0.2) is 0 Å². The van der Waals surface area contributed by atoms with Crippen molar-refractivity contribution in [1.82, 2.24) is 10.2 Å². The Morgan fingerprint density at radius 2 is 2.07 bits per heavy atom. The van der Waals surface area contributed by atoms with Crippen LogP contribution in [0, 0.1) is 6.92 Å². The van der Waals surface area contributed by atoms with E-state index in [2.05, 4.69) is 47.5 Å². The van der Waals surface area contributed by atoms with E-state index in [0.29, 0.717) is 6.04 Å². The van der Waals surface area contributed by atoms with Gasteiger partial charge in [-0.05, 0) is 12.1 Å². The van der Waals surface area contributed by atoms with Crippen LogP contribution in [0.4, 0.5) is 0 Å². The summed E-state index contributed by atoms with van der Waals surface area (Å²) in [7, 11) is 0. The topological polar surface area (TPSA) is 15.3 Å². The maximum absolute atomic E-state index is 4.04. The van der Waals surface area contributed by atoms with Crippen molar-refractivity contribution in [3.8, 4) is 0 Å². The van der Waals surface area contributed by atoms with Crippen molar-refractivity contribution < 1.29 is 32.7 Å². The third-order valence-corrected chi connectivity index (χ3v) is 2.59. The van der Waals surface area contributed by atoms with E-state index in [-0.39, 0.29) is 32.7 Å². The van der Waals surface area contributed by atoms with Crippen LogP contribution in [0.1, 0.15) is 5.56 Å². The van der Waals surface area contributed by atoms with Crippen molar-refractivity contribution in [2.45, 2.75) is 12.6 Å². The van der Waals surface area contributed by atoms with E-state index in [1.807, 2.05) is 0 Å². The normalized spacial score (nSPS) is 22.1. The van der Waals surface area contributed by atoms with Crippen LogP contribution in [-0.4, -0.2) is 30.6 Å². The van der Waals surface area contributed by atoms with Gasteiger partial charge in [0.1, 0.15) is 0 Å². The van der Waals surface area contributed by atoms with Crippen LogP contribution >= 0.6 is 0 Å². The summed E-state index contributed by atoms with van der Waals surface area (Å²) < 4.78 is 0. The SMILES string of the molecule is [CH2-]C1CN(Cc2ccccc2)CCN1.[Y+3]. The Balaban J connectivity index is 0.00000112. The molecule has 1 aromatic rings. The van der Waals surface area contributed by atoms with Crippen LogP contribution in [0.15, 0.2) is 30.3 Å². The molecule has 2 nitrogen and oxygen atoms in total. The zero-order valence-electron chi connectivity index (χ0n) is 9.02. The summed E-state index contributed by atoms with van der Waals surface area (Å²) in [4.78, 5) is 2.45. The molecule has 1 aromatic carbocycles. The van der Waals surface area contributed by atoms with Gasteiger partial charge in [-0.1, -0.05) is 30.3 Å². The molecular formula is C12H17N2Y+2. The summed E-state index contributed by atoms with van der Waals surface area (Å²) in [6.45, 7) is 8.32. The Labute approximate surface area is 117 Å². The van der Waals surface area contributed by atoms with Gasteiger partial charge in [0.15, 0.2) is 0 Å². The van der Waals surface area contributed by atoms with Crippen LogP contribution in [-0.2, 0) is 39.3 Å². The minimum Gasteiger partial charge on any atom is -0.341 e. The summed E-state index contributed by atoms with van der Waals surface area (Å²) in [5.41, 5.74) is 1.39. The van der Waals surface area contributed by atoms with E-state index < -0.39 is 0 Å². The van der Waals surface area contributed by atoms with E-state index in [4.69, 9.17) is 0 Å². The minimum absolute atomic E-state index is 0. The quantitative estimate of drug-likeness (QED) is 0.820. The fourth-order valence-electron chi connectivity index (χ4n) is 1.88. The molecule has 1 atom stereocenters. The Hall–Kier alpha value is 0.244. The van der Waals surface area contributed by atoms with Gasteiger partial charge in [0.2, 0.25) is 0 Å². The molecule has 1 saturated heterocycles. The van der Waals surface area contributed by atoms with E-state index >= 15 is 0 Å². The summed E-state index contributed by atoms with van der Waals surface area (Å²) in [5, 5.41) is 3.34. The molecule has 0 saturated carbocycles. The van der Waals surface area contributed by atoms with Crippen LogP contribution in [0.5, 0.6) is 0 Å². The first kappa shape index (κ1) is 13.3. The van der Waals surface area contributed by atoms with E-state index in [9.17, 15) is 0 Å². The number of nitrogens with one attached hydrogen (secondary N) is 1. The van der Waals surface area contributed by atoms with Crippen molar-refractivity contribution >= 4 is 0 Å². The van der Waals surface area contributed by atoms with Gasteiger partial charge in [-0.2, -0.15) is 0 Å². The molecular weight excluding hydrogens is 261 g/mol. The molecule has 1 fully saturated rings. The Bertz CT molecular complexity index is 276. The summed E-state index contributed by atoms with van der Waals surface area (Å²) >= 11 is 0. The van der Waals surface area contributed by atoms with Crippen molar-refractivity contribution in [1.29, 1.82) is 0 Å². The van der Waals surface area contributed by atoms with E-state index in [1.165, 1.54) is 5.56 Å². The molecule has 2 rings (SSSR count). The molecule has 0 spiro atoms. The molecule has 0 bridgehead atoms. The van der Waals surface area contributed by atoms with Crippen LogP contribution in [0.3, 0.4) is 0 Å². The first-order chi connectivity index (χ1) is 6.84. The van der Waals surface area contributed by atoms with Crippen molar-refractivity contribution in [3.05, 3.63) is 42.8 Å². The molecule has 1 aliphatic heterocycles. The monoisotopic (exact) mass is 278 g/mol. The van der Waals surface area contributed by atoms with Crippen LogP contribution in [0.2, 0.25) is 0 Å². The van der Waals surface area contributed by atoms with Crippen molar-refractivity contribution in [3.63, 3.8) is 0 Å². The molecule has 1 heterocycles. The number of piperazine rings is 1. The van der Waals surface area contributed by atoms with Gasteiger partial charge >= 0.3 is 32.7 Å². The van der Waals surface area contributed by atoms with Gasteiger partial charge in [0.25, 0.3) is 0 Å². The average molecular weight is 278 g/mol. The number of hydrogen-bond acceptors (Lipinski definition) is 2. The second-order valence-corrected chi connectivity index (χ2v) is 3.87. The van der Waals surface area contributed by atoms with Gasteiger partial charge < -0.3 is 12.2 Å². The molecule has 0 aromatic heterocycles. The first-order valence-electron chi connectivity index (χ1n) is 5.17. The number of hydrogen-bond donors (Lipinski definition) is 1. The van der Waals surface area contributed by atoms with E-state index in [0.717, 1.165) is 26.2 Å². The fraction of sp³-hybridized carbons (Fsp3) is 0.417.